The van der Waals surface area contributed by atoms with Gasteiger partial charge in [0.05, 0.1) is 0 Å². The van der Waals surface area contributed by atoms with Crippen LogP contribution in [0, 0.1) is 13.8 Å². The normalized spacial score (nSPS) is 10.8. The molecule has 0 amide bonds. The van der Waals surface area contributed by atoms with Crippen molar-refractivity contribution >= 4 is 14.6 Å². The zero-order valence-corrected chi connectivity index (χ0v) is 11.6. The van der Waals surface area contributed by atoms with Crippen LogP contribution in [0.2, 0.25) is 12.1 Å². The molecule has 2 heteroatoms. The molecule has 0 fully saturated rings. The molecule has 0 aliphatic carbocycles. The molecule has 0 aliphatic rings. The van der Waals surface area contributed by atoms with Crippen molar-refractivity contribution in [2.45, 2.75) is 39.8 Å². The minimum Gasteiger partial charge on any atom is -0.400 e. The second-order valence-electron chi connectivity index (χ2n) is 4.07. The zero-order valence-electron chi connectivity index (χ0n) is 10.6. The first-order valence-corrected chi connectivity index (χ1v) is 7.62. The topological polar surface area (TPSA) is 3.24 Å². The van der Waals surface area contributed by atoms with Gasteiger partial charge >= 0.3 is 0 Å². The number of para-hydroxylation sites is 1. The Bertz CT molecular complexity index is 298. The highest BCUT2D eigenvalue weighted by Gasteiger charge is 2.16. The lowest BCUT2D eigenvalue weighted by Crippen LogP contribution is -2.35. The van der Waals surface area contributed by atoms with Crippen LogP contribution in [0.1, 0.15) is 25.0 Å². The van der Waals surface area contributed by atoms with Gasteiger partial charge in [0.2, 0.25) is 0 Å². The average molecular weight is 220 g/mol. The summed E-state index contributed by atoms with van der Waals surface area (Å²) in [6, 6.07) is 9.19. The van der Waals surface area contributed by atoms with E-state index >= 15 is 0 Å². The molecule has 0 atom stereocenters. The van der Waals surface area contributed by atoms with Crippen molar-refractivity contribution in [1.82, 2.24) is 0 Å². The maximum Gasteiger partial charge on any atom is 0.168 e. The fraction of sp³-hybridized carbons (Fsp3) is 0.538. The first-order chi connectivity index (χ1) is 7.11. The summed E-state index contributed by atoms with van der Waals surface area (Å²) in [5.74, 6) is 0. The lowest BCUT2D eigenvalue weighted by molar-refractivity contribution is 1.15. The van der Waals surface area contributed by atoms with E-state index in [1.165, 1.54) is 28.9 Å². The molecule has 1 radical (unpaired) electrons. The Hall–Kier alpha value is -0.763. The van der Waals surface area contributed by atoms with Gasteiger partial charge in [0.1, 0.15) is 0 Å². The standard InChI is InChI=1S/C13H22NSi/c1-6-15(7-2)14(5)13-11(3)9-8-10-12(13)4/h8-10H,6-7H2,1-5H3. The quantitative estimate of drug-likeness (QED) is 0.698. The summed E-state index contributed by atoms with van der Waals surface area (Å²) in [5.41, 5.74) is 4.26. The number of rotatable bonds is 4. The van der Waals surface area contributed by atoms with Crippen molar-refractivity contribution in [2.75, 3.05) is 11.6 Å². The van der Waals surface area contributed by atoms with Crippen molar-refractivity contribution in [3.8, 4) is 0 Å². The van der Waals surface area contributed by atoms with Gasteiger partial charge in [-0.25, -0.2) is 0 Å². The van der Waals surface area contributed by atoms with Gasteiger partial charge in [-0.1, -0.05) is 32.0 Å². The summed E-state index contributed by atoms with van der Waals surface area (Å²) in [4.78, 5) is 0. The summed E-state index contributed by atoms with van der Waals surface area (Å²) in [5, 5.41) is 0. The predicted octanol–water partition coefficient (Wildman–Crippen LogP) is 3.77. The van der Waals surface area contributed by atoms with Crippen LogP contribution in [0.3, 0.4) is 0 Å². The van der Waals surface area contributed by atoms with Crippen LogP contribution >= 0.6 is 0 Å². The summed E-state index contributed by atoms with van der Waals surface area (Å²) >= 11 is 0. The van der Waals surface area contributed by atoms with Gasteiger partial charge in [0.25, 0.3) is 0 Å². The Labute approximate surface area is 95.8 Å². The molecule has 1 aromatic carbocycles. The van der Waals surface area contributed by atoms with Gasteiger partial charge in [-0.2, -0.15) is 0 Å². The largest absolute Gasteiger partial charge is 0.400 e. The Morgan fingerprint density at radius 1 is 1.07 bits per heavy atom. The Morgan fingerprint density at radius 2 is 1.53 bits per heavy atom. The number of hydrogen-bond donors (Lipinski definition) is 0. The Balaban J connectivity index is 3.04. The predicted molar refractivity (Wildman–Crippen MR) is 71.0 cm³/mol. The molecule has 0 heterocycles. The molecule has 1 rings (SSSR count). The molecule has 0 saturated heterocycles. The lowest BCUT2D eigenvalue weighted by atomic mass is 10.1. The molecule has 0 spiro atoms. The van der Waals surface area contributed by atoms with Gasteiger partial charge in [0, 0.05) is 5.69 Å². The maximum absolute atomic E-state index is 2.54. The smallest absolute Gasteiger partial charge is 0.168 e. The molecule has 0 aromatic heterocycles. The van der Waals surface area contributed by atoms with Gasteiger partial charge < -0.3 is 4.57 Å². The molecule has 83 valence electrons. The van der Waals surface area contributed by atoms with Crippen molar-refractivity contribution < 1.29 is 0 Å². The first-order valence-electron chi connectivity index (χ1n) is 5.76. The fourth-order valence-electron chi connectivity index (χ4n) is 2.22. The van der Waals surface area contributed by atoms with E-state index < -0.39 is 0 Å². The lowest BCUT2D eigenvalue weighted by Gasteiger charge is -2.29. The monoisotopic (exact) mass is 220 g/mol. The number of anilines is 1. The van der Waals surface area contributed by atoms with Crippen molar-refractivity contribution in [2.24, 2.45) is 0 Å². The SMILES string of the molecule is CC[Si](CC)N(C)c1c(C)cccc1C. The number of benzene rings is 1. The second-order valence-corrected chi connectivity index (χ2v) is 7.29. The molecule has 0 bridgehead atoms. The van der Waals surface area contributed by atoms with Crippen LogP contribution in [0.25, 0.3) is 0 Å². The summed E-state index contributed by atoms with van der Waals surface area (Å²) in [6.07, 6.45) is 0. The summed E-state index contributed by atoms with van der Waals surface area (Å²) in [6.45, 7) is 9.04. The molecule has 0 aliphatic heterocycles. The van der Waals surface area contributed by atoms with E-state index in [-0.39, 0.29) is 8.96 Å². The third-order valence-electron chi connectivity index (χ3n) is 3.07. The molecule has 0 N–H and O–H groups in total. The van der Waals surface area contributed by atoms with E-state index in [2.05, 4.69) is 57.5 Å². The molecular weight excluding hydrogens is 198 g/mol. The van der Waals surface area contributed by atoms with Crippen molar-refractivity contribution in [3.05, 3.63) is 29.3 Å². The molecule has 15 heavy (non-hydrogen) atoms. The van der Waals surface area contributed by atoms with Crippen molar-refractivity contribution in [1.29, 1.82) is 0 Å². The average Bonchev–Trinajstić information content (AvgIpc) is 2.19. The number of aryl methyl sites for hydroxylation is 2. The van der Waals surface area contributed by atoms with Gasteiger partial charge in [-0.15, -0.1) is 0 Å². The van der Waals surface area contributed by atoms with Gasteiger partial charge in [-0.3, -0.25) is 0 Å². The van der Waals surface area contributed by atoms with Crippen LogP contribution in [-0.4, -0.2) is 16.0 Å². The third kappa shape index (κ3) is 2.62. The highest BCUT2D eigenvalue weighted by Crippen LogP contribution is 2.25. The Kier molecular flexibility index (Phi) is 4.39. The molecular formula is C13H22NSi. The molecule has 1 aromatic rings. The number of nitrogens with zero attached hydrogens (tertiary/aromatic N) is 1. The van der Waals surface area contributed by atoms with E-state index in [0.717, 1.165) is 0 Å². The minimum absolute atomic E-state index is 0.364. The summed E-state index contributed by atoms with van der Waals surface area (Å²) < 4.78 is 2.54. The molecule has 0 unspecified atom stereocenters. The van der Waals surface area contributed by atoms with Crippen LogP contribution < -0.4 is 4.57 Å². The van der Waals surface area contributed by atoms with Crippen LogP contribution in [0.15, 0.2) is 18.2 Å². The summed E-state index contributed by atoms with van der Waals surface area (Å²) in [7, 11) is 1.90. The second kappa shape index (κ2) is 5.36. The van der Waals surface area contributed by atoms with Crippen LogP contribution in [0.4, 0.5) is 5.69 Å². The minimum atomic E-state index is -0.364. The van der Waals surface area contributed by atoms with E-state index in [0.29, 0.717) is 0 Å². The third-order valence-corrected chi connectivity index (χ3v) is 5.87. The van der Waals surface area contributed by atoms with Gasteiger partial charge in [-0.05, 0) is 44.1 Å². The van der Waals surface area contributed by atoms with E-state index in [9.17, 15) is 0 Å². The van der Waals surface area contributed by atoms with Gasteiger partial charge in [0.15, 0.2) is 8.96 Å². The molecule has 0 saturated carbocycles. The fourth-order valence-corrected chi connectivity index (χ4v) is 4.33. The zero-order chi connectivity index (χ0) is 11.4. The van der Waals surface area contributed by atoms with E-state index in [4.69, 9.17) is 0 Å². The number of hydrogen-bond acceptors (Lipinski definition) is 1. The maximum atomic E-state index is 2.54. The van der Waals surface area contributed by atoms with Crippen LogP contribution in [0.5, 0.6) is 0 Å². The van der Waals surface area contributed by atoms with E-state index in [1.54, 1.807) is 0 Å². The first kappa shape index (κ1) is 12.3. The van der Waals surface area contributed by atoms with Crippen LogP contribution in [-0.2, 0) is 0 Å². The van der Waals surface area contributed by atoms with Crippen molar-refractivity contribution in [3.63, 3.8) is 0 Å². The van der Waals surface area contributed by atoms with E-state index in [1.807, 2.05) is 0 Å². The highest BCUT2D eigenvalue weighted by molar-refractivity contribution is 6.63. The highest BCUT2D eigenvalue weighted by atomic mass is 28.3. The molecule has 1 nitrogen and oxygen atoms in total. The Morgan fingerprint density at radius 3 is 1.93 bits per heavy atom.